The van der Waals surface area contributed by atoms with Crippen molar-refractivity contribution in [1.29, 1.82) is 0 Å². The number of nitrogens with one attached hydrogen (secondary N) is 4. The van der Waals surface area contributed by atoms with Crippen molar-refractivity contribution in [2.24, 2.45) is 0 Å². The molecule has 4 amide bonds. The van der Waals surface area contributed by atoms with E-state index in [1.165, 1.54) is 26.4 Å². The molecule has 0 bridgehead atoms. The van der Waals surface area contributed by atoms with Crippen LogP contribution in [0, 0.1) is 11.6 Å². The molecule has 212 valence electrons. The summed E-state index contributed by atoms with van der Waals surface area (Å²) in [5.74, 6) is -2.68. The molecule has 0 saturated carbocycles. The Morgan fingerprint density at radius 3 is 2.65 bits per heavy atom. The highest BCUT2D eigenvalue weighted by atomic mass is 19.1. The predicted molar refractivity (Wildman–Crippen MR) is 136 cm³/mol. The van der Waals surface area contributed by atoms with Crippen LogP contribution in [0.5, 0.6) is 0 Å². The van der Waals surface area contributed by atoms with Gasteiger partial charge in [0.05, 0.1) is 25.9 Å². The Labute approximate surface area is 226 Å². The first-order valence-corrected chi connectivity index (χ1v) is 12.1. The highest BCUT2D eigenvalue weighted by Crippen LogP contribution is 2.28. The van der Waals surface area contributed by atoms with Crippen LogP contribution in [0.25, 0.3) is 5.78 Å². The molecule has 1 aromatic carbocycles. The molecule has 0 radical (unpaired) electrons. The van der Waals surface area contributed by atoms with E-state index in [0.717, 1.165) is 17.0 Å². The number of amides is 4. The van der Waals surface area contributed by atoms with E-state index in [2.05, 4.69) is 36.0 Å². The minimum absolute atomic E-state index is 0.00865. The molecule has 0 spiro atoms. The van der Waals surface area contributed by atoms with E-state index in [4.69, 9.17) is 4.74 Å². The normalized spacial score (nSPS) is 15.3. The van der Waals surface area contributed by atoms with Gasteiger partial charge >= 0.3 is 12.2 Å². The highest BCUT2D eigenvalue weighted by Gasteiger charge is 2.33. The van der Waals surface area contributed by atoms with Crippen LogP contribution in [0.15, 0.2) is 36.8 Å². The van der Waals surface area contributed by atoms with Crippen LogP contribution in [-0.2, 0) is 14.3 Å². The van der Waals surface area contributed by atoms with Gasteiger partial charge in [-0.25, -0.2) is 28.3 Å². The molecule has 2 atom stereocenters. The van der Waals surface area contributed by atoms with Crippen LogP contribution in [0.1, 0.15) is 17.4 Å². The number of anilines is 2. The van der Waals surface area contributed by atoms with Gasteiger partial charge in [-0.1, -0.05) is 0 Å². The van der Waals surface area contributed by atoms with Crippen molar-refractivity contribution in [2.45, 2.75) is 19.1 Å². The van der Waals surface area contributed by atoms with E-state index in [1.54, 1.807) is 16.7 Å². The SMILES string of the molecule is COC(=O)NC[C@H]1CN(c2cc(F)c(NCCNC(=O)[C@H](C)NC(=O)c3cn4cccnc4n3)c(F)c2)C(=O)O1. The summed E-state index contributed by atoms with van der Waals surface area (Å²) in [6, 6.07) is 2.70. The van der Waals surface area contributed by atoms with Gasteiger partial charge < -0.3 is 30.7 Å². The first kappa shape index (κ1) is 28.0. The number of hydrogen-bond acceptors (Lipinski definition) is 9. The molecule has 1 aliphatic heterocycles. The number of hydrogen-bond donors (Lipinski definition) is 4. The largest absolute Gasteiger partial charge is 0.453 e. The third kappa shape index (κ3) is 6.51. The molecule has 1 fully saturated rings. The molecular formula is C24H26F2N8O6. The number of cyclic esters (lactones) is 1. The summed E-state index contributed by atoms with van der Waals surface area (Å²) < 4.78 is 40.5. The monoisotopic (exact) mass is 560 g/mol. The molecule has 1 aliphatic rings. The zero-order chi connectivity index (χ0) is 28.8. The minimum atomic E-state index is -0.965. The van der Waals surface area contributed by atoms with Crippen molar-refractivity contribution >= 4 is 41.2 Å². The van der Waals surface area contributed by atoms with Gasteiger partial charge in [0.25, 0.3) is 5.91 Å². The van der Waals surface area contributed by atoms with Crippen LogP contribution in [0.4, 0.5) is 29.7 Å². The van der Waals surface area contributed by atoms with Crippen molar-refractivity contribution in [3.8, 4) is 0 Å². The third-order valence-corrected chi connectivity index (χ3v) is 5.81. The molecule has 2 aromatic heterocycles. The van der Waals surface area contributed by atoms with E-state index < -0.39 is 53.5 Å². The average Bonchev–Trinajstić information content (AvgIpc) is 3.54. The first-order valence-electron chi connectivity index (χ1n) is 12.1. The summed E-state index contributed by atoms with van der Waals surface area (Å²) in [6.07, 6.45) is 2.43. The lowest BCUT2D eigenvalue weighted by molar-refractivity contribution is -0.122. The number of methoxy groups -OCH3 is 1. The summed E-state index contributed by atoms with van der Waals surface area (Å²) in [5.41, 5.74) is -0.424. The zero-order valence-electron chi connectivity index (χ0n) is 21.4. The summed E-state index contributed by atoms with van der Waals surface area (Å²) in [6.45, 7) is 1.36. The lowest BCUT2D eigenvalue weighted by atomic mass is 10.2. The van der Waals surface area contributed by atoms with Crippen molar-refractivity contribution in [1.82, 2.24) is 30.3 Å². The van der Waals surface area contributed by atoms with Crippen LogP contribution in [-0.4, -0.2) is 83.8 Å². The van der Waals surface area contributed by atoms with Gasteiger partial charge in [0, 0.05) is 43.8 Å². The average molecular weight is 561 g/mol. The number of alkyl carbamates (subject to hydrolysis) is 1. The smallest absolute Gasteiger partial charge is 0.414 e. The van der Waals surface area contributed by atoms with Crippen molar-refractivity contribution in [2.75, 3.05) is 43.5 Å². The summed E-state index contributed by atoms with van der Waals surface area (Å²) in [5, 5.41) is 10.0. The standard InChI is InChI=1S/C24H26F2N8O6/c1-13(31-21(36)18-12-33-7-3-4-29-22(33)32-18)20(35)28-6-5-27-19-16(25)8-14(9-17(19)26)34-11-15(40-24(34)38)10-30-23(37)39-2/h3-4,7-9,12-13,15,27H,5-6,10-11H2,1-2H3,(H,28,35)(H,30,37)(H,31,36)/t13-,15-/m0/s1. The van der Waals surface area contributed by atoms with Gasteiger partial charge in [-0.15, -0.1) is 0 Å². The molecule has 4 rings (SSSR count). The van der Waals surface area contributed by atoms with Crippen LogP contribution in [0.2, 0.25) is 0 Å². The number of fused-ring (bicyclic) bond motifs is 1. The van der Waals surface area contributed by atoms with Gasteiger partial charge in [-0.2, -0.15) is 0 Å². The van der Waals surface area contributed by atoms with Crippen molar-refractivity contribution in [3.05, 3.63) is 54.1 Å². The van der Waals surface area contributed by atoms with Crippen LogP contribution < -0.4 is 26.2 Å². The van der Waals surface area contributed by atoms with Gasteiger partial charge in [-0.05, 0) is 13.0 Å². The molecule has 1 saturated heterocycles. The molecule has 16 heteroatoms. The van der Waals surface area contributed by atoms with Crippen LogP contribution in [0.3, 0.4) is 0 Å². The van der Waals surface area contributed by atoms with E-state index in [-0.39, 0.29) is 37.6 Å². The Morgan fingerprint density at radius 1 is 1.20 bits per heavy atom. The Bertz CT molecular complexity index is 1380. The number of halogens is 2. The summed E-state index contributed by atoms with van der Waals surface area (Å²) in [4.78, 5) is 57.3. The molecule has 0 unspecified atom stereocenters. The maximum Gasteiger partial charge on any atom is 0.414 e. The van der Waals surface area contributed by atoms with E-state index in [9.17, 15) is 28.0 Å². The molecule has 14 nitrogen and oxygen atoms in total. The number of nitrogens with zero attached hydrogens (tertiary/aromatic N) is 4. The van der Waals surface area contributed by atoms with Gasteiger partial charge in [0.2, 0.25) is 11.7 Å². The van der Waals surface area contributed by atoms with E-state index >= 15 is 0 Å². The number of benzene rings is 1. The molecular weight excluding hydrogens is 534 g/mol. The number of imidazole rings is 1. The Hall–Kier alpha value is -5.02. The van der Waals surface area contributed by atoms with E-state index in [0.29, 0.717) is 5.78 Å². The second-order valence-electron chi connectivity index (χ2n) is 8.64. The number of carbonyl (C=O) groups excluding carboxylic acids is 4. The van der Waals surface area contributed by atoms with Gasteiger partial charge in [0.15, 0.2) is 11.6 Å². The molecule has 0 aliphatic carbocycles. The zero-order valence-corrected chi connectivity index (χ0v) is 21.4. The van der Waals surface area contributed by atoms with Crippen molar-refractivity contribution < 1.29 is 37.4 Å². The number of ether oxygens (including phenoxy) is 2. The predicted octanol–water partition coefficient (Wildman–Crippen LogP) is 1.04. The second kappa shape index (κ2) is 12.2. The number of aromatic nitrogens is 3. The highest BCUT2D eigenvalue weighted by molar-refractivity contribution is 5.96. The molecule has 40 heavy (non-hydrogen) atoms. The van der Waals surface area contributed by atoms with Gasteiger partial charge in [0.1, 0.15) is 23.5 Å². The second-order valence-corrected chi connectivity index (χ2v) is 8.64. The minimum Gasteiger partial charge on any atom is -0.453 e. The summed E-state index contributed by atoms with van der Waals surface area (Å²) in [7, 11) is 1.18. The maximum atomic E-state index is 14.7. The lowest BCUT2D eigenvalue weighted by Crippen LogP contribution is -2.46. The molecule has 3 heterocycles. The summed E-state index contributed by atoms with van der Waals surface area (Å²) >= 11 is 0. The fourth-order valence-electron chi connectivity index (χ4n) is 3.79. The topological polar surface area (TPSA) is 168 Å². The van der Waals surface area contributed by atoms with Crippen LogP contribution >= 0.6 is 0 Å². The number of rotatable bonds is 10. The molecule has 4 N–H and O–H groups in total. The van der Waals surface area contributed by atoms with Crippen molar-refractivity contribution in [3.63, 3.8) is 0 Å². The lowest BCUT2D eigenvalue weighted by Gasteiger charge is -2.17. The Balaban J connectivity index is 1.24. The van der Waals surface area contributed by atoms with E-state index in [1.807, 2.05) is 0 Å². The maximum absolute atomic E-state index is 14.7. The Morgan fingerprint density at radius 2 is 1.95 bits per heavy atom. The fraction of sp³-hybridized carbons (Fsp3) is 0.333. The Kier molecular flexibility index (Phi) is 8.56. The fourth-order valence-corrected chi connectivity index (χ4v) is 3.79. The first-order chi connectivity index (χ1) is 19.2. The third-order valence-electron chi connectivity index (χ3n) is 5.81. The molecule has 3 aromatic rings. The number of carbonyl (C=O) groups is 4. The quantitative estimate of drug-likeness (QED) is 0.265. The van der Waals surface area contributed by atoms with Gasteiger partial charge in [-0.3, -0.25) is 18.9 Å².